The Labute approximate surface area is 141 Å². The summed E-state index contributed by atoms with van der Waals surface area (Å²) in [6.45, 7) is 5.80. The van der Waals surface area contributed by atoms with Crippen LogP contribution in [0, 0.1) is 6.92 Å². The molecule has 2 saturated heterocycles. The SMILES string of the molecule is CCN1C(=O)C2C(N=C3N(c4cccc(C)c4)CCN32)N(C)C1=O. The number of hydrogen-bond donors (Lipinski definition) is 0. The lowest BCUT2D eigenvalue weighted by Gasteiger charge is -2.40. The Morgan fingerprint density at radius 3 is 2.75 bits per heavy atom. The summed E-state index contributed by atoms with van der Waals surface area (Å²) in [7, 11) is 1.72. The van der Waals surface area contributed by atoms with E-state index in [0.717, 1.165) is 24.7 Å². The van der Waals surface area contributed by atoms with Crippen molar-refractivity contribution in [3.63, 3.8) is 0 Å². The van der Waals surface area contributed by atoms with E-state index in [1.807, 2.05) is 17.9 Å². The van der Waals surface area contributed by atoms with Crippen LogP contribution in [0.1, 0.15) is 12.5 Å². The van der Waals surface area contributed by atoms with E-state index >= 15 is 0 Å². The molecule has 3 aliphatic rings. The Bertz CT molecular complexity index is 746. The molecule has 126 valence electrons. The van der Waals surface area contributed by atoms with E-state index in [1.165, 1.54) is 10.5 Å². The van der Waals surface area contributed by atoms with Gasteiger partial charge in [-0.1, -0.05) is 12.1 Å². The van der Waals surface area contributed by atoms with Gasteiger partial charge in [-0.15, -0.1) is 0 Å². The first-order valence-electron chi connectivity index (χ1n) is 8.29. The van der Waals surface area contributed by atoms with Gasteiger partial charge >= 0.3 is 6.03 Å². The Balaban J connectivity index is 1.70. The maximum atomic E-state index is 12.8. The number of nitrogens with zero attached hydrogens (tertiary/aromatic N) is 5. The summed E-state index contributed by atoms with van der Waals surface area (Å²) in [6, 6.07) is 7.57. The number of amides is 3. The van der Waals surface area contributed by atoms with Crippen LogP contribution in [0.25, 0.3) is 0 Å². The van der Waals surface area contributed by atoms with Gasteiger partial charge in [0.1, 0.15) is 0 Å². The molecule has 3 heterocycles. The van der Waals surface area contributed by atoms with Gasteiger partial charge in [0.2, 0.25) is 5.96 Å². The van der Waals surface area contributed by atoms with Crippen LogP contribution in [0.3, 0.4) is 0 Å². The molecule has 7 heteroatoms. The van der Waals surface area contributed by atoms with Crippen molar-refractivity contribution in [3.05, 3.63) is 29.8 Å². The molecule has 0 radical (unpaired) electrons. The second kappa shape index (κ2) is 5.22. The normalized spacial score (nSPS) is 26.0. The van der Waals surface area contributed by atoms with E-state index in [4.69, 9.17) is 4.99 Å². The average Bonchev–Trinajstić information content (AvgIpc) is 3.12. The van der Waals surface area contributed by atoms with E-state index in [9.17, 15) is 9.59 Å². The summed E-state index contributed by atoms with van der Waals surface area (Å²) in [5.74, 6) is 0.650. The van der Waals surface area contributed by atoms with Crippen LogP contribution in [0.15, 0.2) is 29.3 Å². The van der Waals surface area contributed by atoms with Crippen molar-refractivity contribution < 1.29 is 9.59 Å². The Kier molecular flexibility index (Phi) is 3.26. The fourth-order valence-electron chi connectivity index (χ4n) is 3.77. The zero-order valence-corrected chi connectivity index (χ0v) is 14.1. The van der Waals surface area contributed by atoms with Gasteiger partial charge in [-0.2, -0.15) is 0 Å². The van der Waals surface area contributed by atoms with Crippen molar-refractivity contribution in [1.29, 1.82) is 0 Å². The fraction of sp³-hybridized carbons (Fsp3) is 0.471. The molecule has 2 atom stereocenters. The van der Waals surface area contributed by atoms with Crippen molar-refractivity contribution in [2.75, 3.05) is 31.6 Å². The minimum absolute atomic E-state index is 0.143. The first-order valence-corrected chi connectivity index (χ1v) is 8.29. The molecule has 1 aromatic rings. The monoisotopic (exact) mass is 327 g/mol. The molecule has 0 saturated carbocycles. The third kappa shape index (κ3) is 1.93. The van der Waals surface area contributed by atoms with Crippen LogP contribution < -0.4 is 4.90 Å². The molecule has 3 amide bonds. The standard InChI is InChI=1S/C17H21N5O2/c1-4-20-15(23)13-14(19(3)17(20)24)18-16-21(8-9-22(13)16)12-7-5-6-11(2)10-12/h5-7,10,13-14H,4,8-9H2,1-3H3. The van der Waals surface area contributed by atoms with E-state index in [-0.39, 0.29) is 11.9 Å². The molecule has 4 rings (SSSR count). The van der Waals surface area contributed by atoms with Gasteiger partial charge in [0.25, 0.3) is 5.91 Å². The number of carbonyl (C=O) groups is 2. The largest absolute Gasteiger partial charge is 0.328 e. The molecule has 0 aliphatic carbocycles. The van der Waals surface area contributed by atoms with Crippen molar-refractivity contribution in [2.24, 2.45) is 4.99 Å². The number of benzene rings is 1. The molecule has 0 aromatic heterocycles. The lowest BCUT2D eigenvalue weighted by molar-refractivity contribution is -0.137. The predicted octanol–water partition coefficient (Wildman–Crippen LogP) is 1.10. The Morgan fingerprint density at radius 2 is 2.04 bits per heavy atom. The van der Waals surface area contributed by atoms with Crippen LogP contribution in [-0.4, -0.2) is 71.5 Å². The van der Waals surface area contributed by atoms with E-state index in [0.29, 0.717) is 6.54 Å². The lowest BCUT2D eigenvalue weighted by Crippen LogP contribution is -2.64. The molecule has 0 bridgehead atoms. The van der Waals surface area contributed by atoms with E-state index < -0.39 is 12.2 Å². The Morgan fingerprint density at radius 1 is 1.25 bits per heavy atom. The summed E-state index contributed by atoms with van der Waals surface area (Å²) in [5, 5.41) is 0. The molecule has 2 fully saturated rings. The molecule has 2 unspecified atom stereocenters. The summed E-state index contributed by atoms with van der Waals surface area (Å²) >= 11 is 0. The van der Waals surface area contributed by atoms with E-state index in [2.05, 4.69) is 30.0 Å². The van der Waals surface area contributed by atoms with Crippen molar-refractivity contribution in [1.82, 2.24) is 14.7 Å². The Hall–Kier alpha value is -2.57. The van der Waals surface area contributed by atoms with Gasteiger partial charge in [0.05, 0.1) is 0 Å². The third-order valence-electron chi connectivity index (χ3n) is 5.01. The minimum Gasteiger partial charge on any atom is -0.325 e. The average molecular weight is 327 g/mol. The van der Waals surface area contributed by atoms with Gasteiger partial charge in [0.15, 0.2) is 12.2 Å². The second-order valence-corrected chi connectivity index (χ2v) is 6.45. The van der Waals surface area contributed by atoms with Gasteiger partial charge in [0, 0.05) is 32.4 Å². The van der Waals surface area contributed by atoms with Gasteiger partial charge in [-0.25, -0.2) is 9.79 Å². The molecular formula is C17H21N5O2. The van der Waals surface area contributed by atoms with Gasteiger partial charge in [-0.05, 0) is 31.5 Å². The number of urea groups is 1. The number of aryl methyl sites for hydroxylation is 1. The quantitative estimate of drug-likeness (QED) is 0.816. The summed E-state index contributed by atoms with van der Waals surface area (Å²) in [4.78, 5) is 36.9. The number of rotatable bonds is 2. The number of imide groups is 1. The third-order valence-corrected chi connectivity index (χ3v) is 5.01. The summed E-state index contributed by atoms with van der Waals surface area (Å²) in [6.07, 6.45) is -0.435. The summed E-state index contributed by atoms with van der Waals surface area (Å²) < 4.78 is 0. The van der Waals surface area contributed by atoms with Crippen LogP contribution in [-0.2, 0) is 4.79 Å². The van der Waals surface area contributed by atoms with E-state index in [1.54, 1.807) is 11.9 Å². The zero-order valence-electron chi connectivity index (χ0n) is 14.1. The highest BCUT2D eigenvalue weighted by Gasteiger charge is 2.54. The summed E-state index contributed by atoms with van der Waals surface area (Å²) in [5.41, 5.74) is 2.26. The number of carbonyl (C=O) groups excluding carboxylic acids is 2. The smallest absolute Gasteiger partial charge is 0.325 e. The van der Waals surface area contributed by atoms with Crippen LogP contribution in [0.2, 0.25) is 0 Å². The number of guanidine groups is 1. The number of fused-ring (bicyclic) bond motifs is 3. The number of anilines is 1. The highest BCUT2D eigenvalue weighted by Crippen LogP contribution is 2.33. The second-order valence-electron chi connectivity index (χ2n) is 6.45. The molecule has 24 heavy (non-hydrogen) atoms. The molecule has 0 N–H and O–H groups in total. The first-order chi connectivity index (χ1) is 11.5. The molecule has 3 aliphatic heterocycles. The first kappa shape index (κ1) is 15.0. The van der Waals surface area contributed by atoms with Gasteiger partial charge < -0.3 is 14.7 Å². The zero-order chi connectivity index (χ0) is 17.0. The topological polar surface area (TPSA) is 59.5 Å². The highest BCUT2D eigenvalue weighted by molar-refractivity contribution is 6.07. The van der Waals surface area contributed by atoms with Crippen molar-refractivity contribution in [2.45, 2.75) is 26.1 Å². The number of hydrogen-bond acceptors (Lipinski definition) is 5. The van der Waals surface area contributed by atoms with Crippen molar-refractivity contribution in [3.8, 4) is 0 Å². The number of aliphatic imine (C=N–C) groups is 1. The predicted molar refractivity (Wildman–Crippen MR) is 90.8 cm³/mol. The van der Waals surface area contributed by atoms with Crippen LogP contribution >= 0.6 is 0 Å². The highest BCUT2D eigenvalue weighted by atomic mass is 16.2. The van der Waals surface area contributed by atoms with Crippen LogP contribution in [0.4, 0.5) is 10.5 Å². The molecule has 0 spiro atoms. The number of likely N-dealkylation sites (N-methyl/N-ethyl adjacent to an activating group) is 2. The molecule has 1 aromatic carbocycles. The molecular weight excluding hydrogens is 306 g/mol. The van der Waals surface area contributed by atoms with Crippen molar-refractivity contribution >= 4 is 23.6 Å². The van der Waals surface area contributed by atoms with Crippen LogP contribution in [0.5, 0.6) is 0 Å². The minimum atomic E-state index is -0.435. The fourth-order valence-corrected chi connectivity index (χ4v) is 3.77. The maximum absolute atomic E-state index is 12.8. The maximum Gasteiger partial charge on any atom is 0.328 e. The lowest BCUT2D eigenvalue weighted by atomic mass is 10.1. The molecule has 7 nitrogen and oxygen atoms in total. The van der Waals surface area contributed by atoms with Gasteiger partial charge in [-0.3, -0.25) is 9.69 Å².